The lowest BCUT2D eigenvalue weighted by Crippen LogP contribution is -2.47. The molecular weight excluding hydrogens is 250 g/mol. The SMILES string of the molecule is CCc1ccc(OC(C(N)CC)C(C)(C)C)c(OC)c1. The molecule has 3 nitrogen and oxygen atoms in total. The van der Waals surface area contributed by atoms with E-state index in [2.05, 4.69) is 40.7 Å². The average Bonchev–Trinajstić information content (AvgIpc) is 2.42. The highest BCUT2D eigenvalue weighted by molar-refractivity contribution is 5.43. The monoisotopic (exact) mass is 279 g/mol. The smallest absolute Gasteiger partial charge is 0.161 e. The van der Waals surface area contributed by atoms with Crippen molar-refractivity contribution in [3.05, 3.63) is 23.8 Å². The molecule has 0 radical (unpaired) electrons. The molecular formula is C17H29NO2. The summed E-state index contributed by atoms with van der Waals surface area (Å²) in [7, 11) is 1.67. The maximum atomic E-state index is 6.23. The van der Waals surface area contributed by atoms with Crippen molar-refractivity contribution in [2.75, 3.05) is 7.11 Å². The molecule has 2 atom stereocenters. The first-order valence-corrected chi connectivity index (χ1v) is 7.42. The van der Waals surface area contributed by atoms with Crippen molar-refractivity contribution in [3.8, 4) is 11.5 Å². The number of ether oxygens (including phenoxy) is 2. The van der Waals surface area contributed by atoms with Crippen LogP contribution in [-0.2, 0) is 6.42 Å². The lowest BCUT2D eigenvalue weighted by molar-refractivity contribution is 0.0596. The van der Waals surface area contributed by atoms with Crippen molar-refractivity contribution in [3.63, 3.8) is 0 Å². The summed E-state index contributed by atoms with van der Waals surface area (Å²) >= 11 is 0. The molecule has 0 fully saturated rings. The summed E-state index contributed by atoms with van der Waals surface area (Å²) in [6.45, 7) is 10.7. The summed E-state index contributed by atoms with van der Waals surface area (Å²) in [6, 6.07) is 6.10. The zero-order valence-electron chi connectivity index (χ0n) is 13.7. The second-order valence-corrected chi connectivity index (χ2v) is 6.32. The minimum atomic E-state index is -0.0473. The van der Waals surface area contributed by atoms with Crippen molar-refractivity contribution in [2.24, 2.45) is 11.1 Å². The van der Waals surface area contributed by atoms with Crippen LogP contribution in [0.5, 0.6) is 11.5 Å². The second kappa shape index (κ2) is 6.98. The van der Waals surface area contributed by atoms with Crippen LogP contribution in [0.1, 0.15) is 46.6 Å². The Hall–Kier alpha value is -1.22. The Morgan fingerprint density at radius 1 is 1.15 bits per heavy atom. The Bertz CT molecular complexity index is 423. The molecule has 20 heavy (non-hydrogen) atoms. The van der Waals surface area contributed by atoms with Gasteiger partial charge >= 0.3 is 0 Å². The van der Waals surface area contributed by atoms with E-state index in [4.69, 9.17) is 15.2 Å². The number of hydrogen-bond acceptors (Lipinski definition) is 3. The predicted octanol–water partition coefficient (Wildman–Crippen LogP) is 3.79. The summed E-state index contributed by atoms with van der Waals surface area (Å²) in [4.78, 5) is 0. The van der Waals surface area contributed by atoms with Gasteiger partial charge in [-0.3, -0.25) is 0 Å². The van der Waals surface area contributed by atoms with Crippen LogP contribution in [0.2, 0.25) is 0 Å². The van der Waals surface area contributed by atoms with E-state index in [9.17, 15) is 0 Å². The maximum Gasteiger partial charge on any atom is 0.161 e. The van der Waals surface area contributed by atoms with Crippen molar-refractivity contribution in [1.82, 2.24) is 0 Å². The molecule has 0 saturated carbocycles. The maximum absolute atomic E-state index is 6.23. The van der Waals surface area contributed by atoms with E-state index >= 15 is 0 Å². The molecule has 114 valence electrons. The zero-order chi connectivity index (χ0) is 15.3. The Morgan fingerprint density at radius 2 is 1.80 bits per heavy atom. The van der Waals surface area contributed by atoms with Gasteiger partial charge in [-0.1, -0.05) is 40.7 Å². The van der Waals surface area contributed by atoms with E-state index < -0.39 is 0 Å². The standard InChI is InChI=1S/C17H29NO2/c1-7-12-9-10-14(15(11-12)19-6)20-16(13(18)8-2)17(3,4)5/h9-11,13,16H,7-8,18H2,1-6H3. The highest BCUT2D eigenvalue weighted by atomic mass is 16.5. The summed E-state index contributed by atoms with van der Waals surface area (Å²) in [6.07, 6.45) is 1.82. The van der Waals surface area contributed by atoms with Crippen molar-refractivity contribution >= 4 is 0 Å². The highest BCUT2D eigenvalue weighted by Crippen LogP contribution is 2.34. The Balaban J connectivity index is 3.05. The second-order valence-electron chi connectivity index (χ2n) is 6.32. The van der Waals surface area contributed by atoms with Crippen molar-refractivity contribution in [2.45, 2.75) is 59.6 Å². The third-order valence-corrected chi connectivity index (χ3v) is 3.60. The number of aryl methyl sites for hydroxylation is 1. The van der Waals surface area contributed by atoms with Gasteiger partial charge in [-0.05, 0) is 30.5 Å². The molecule has 1 aromatic carbocycles. The average molecular weight is 279 g/mol. The van der Waals surface area contributed by atoms with Crippen LogP contribution in [0.3, 0.4) is 0 Å². The first-order chi connectivity index (χ1) is 9.33. The first kappa shape index (κ1) is 16.8. The molecule has 0 aromatic heterocycles. The van der Waals surface area contributed by atoms with Gasteiger partial charge in [0.2, 0.25) is 0 Å². The van der Waals surface area contributed by atoms with Gasteiger partial charge in [0.05, 0.1) is 7.11 Å². The summed E-state index contributed by atoms with van der Waals surface area (Å²) < 4.78 is 11.7. The minimum Gasteiger partial charge on any atom is -0.493 e. The van der Waals surface area contributed by atoms with Crippen LogP contribution in [0, 0.1) is 5.41 Å². The molecule has 0 bridgehead atoms. The molecule has 0 saturated heterocycles. The fraction of sp³-hybridized carbons (Fsp3) is 0.647. The largest absolute Gasteiger partial charge is 0.493 e. The minimum absolute atomic E-state index is 0.00515. The first-order valence-electron chi connectivity index (χ1n) is 7.42. The van der Waals surface area contributed by atoms with Gasteiger partial charge < -0.3 is 15.2 Å². The quantitative estimate of drug-likeness (QED) is 0.861. The molecule has 3 heteroatoms. The van der Waals surface area contributed by atoms with Crippen LogP contribution in [0.4, 0.5) is 0 Å². The molecule has 0 aliphatic rings. The molecule has 0 heterocycles. The van der Waals surface area contributed by atoms with E-state index in [1.807, 2.05) is 12.1 Å². The number of benzene rings is 1. The van der Waals surface area contributed by atoms with Gasteiger partial charge in [0.1, 0.15) is 6.10 Å². The third kappa shape index (κ3) is 4.14. The molecule has 0 aliphatic heterocycles. The van der Waals surface area contributed by atoms with Crippen LogP contribution >= 0.6 is 0 Å². The van der Waals surface area contributed by atoms with Crippen LogP contribution in [-0.4, -0.2) is 19.3 Å². The highest BCUT2D eigenvalue weighted by Gasteiger charge is 2.32. The van der Waals surface area contributed by atoms with Gasteiger partial charge in [0.25, 0.3) is 0 Å². The number of rotatable bonds is 6. The lowest BCUT2D eigenvalue weighted by atomic mass is 9.84. The van der Waals surface area contributed by atoms with Gasteiger partial charge in [-0.25, -0.2) is 0 Å². The fourth-order valence-electron chi connectivity index (χ4n) is 2.29. The zero-order valence-corrected chi connectivity index (χ0v) is 13.7. The van der Waals surface area contributed by atoms with E-state index in [1.54, 1.807) is 7.11 Å². The van der Waals surface area contributed by atoms with E-state index in [1.165, 1.54) is 5.56 Å². The normalized spacial score (nSPS) is 14.8. The summed E-state index contributed by atoms with van der Waals surface area (Å²) in [5.74, 6) is 1.55. The Morgan fingerprint density at radius 3 is 2.25 bits per heavy atom. The Kier molecular flexibility index (Phi) is 5.88. The number of nitrogens with two attached hydrogens (primary N) is 1. The third-order valence-electron chi connectivity index (χ3n) is 3.60. The molecule has 1 aromatic rings. The lowest BCUT2D eigenvalue weighted by Gasteiger charge is -2.35. The number of methoxy groups -OCH3 is 1. The van der Waals surface area contributed by atoms with Gasteiger partial charge in [0.15, 0.2) is 11.5 Å². The van der Waals surface area contributed by atoms with Gasteiger partial charge in [0, 0.05) is 11.5 Å². The molecule has 0 aliphatic carbocycles. The van der Waals surface area contributed by atoms with E-state index in [0.717, 1.165) is 24.3 Å². The van der Waals surface area contributed by atoms with Crippen molar-refractivity contribution < 1.29 is 9.47 Å². The van der Waals surface area contributed by atoms with Crippen LogP contribution < -0.4 is 15.2 Å². The predicted molar refractivity (Wildman–Crippen MR) is 84.5 cm³/mol. The van der Waals surface area contributed by atoms with Gasteiger partial charge in [-0.2, -0.15) is 0 Å². The summed E-state index contributed by atoms with van der Waals surface area (Å²) in [5, 5.41) is 0. The van der Waals surface area contributed by atoms with Crippen LogP contribution in [0.15, 0.2) is 18.2 Å². The topological polar surface area (TPSA) is 44.5 Å². The van der Waals surface area contributed by atoms with Crippen LogP contribution in [0.25, 0.3) is 0 Å². The molecule has 0 amide bonds. The molecule has 2 N–H and O–H groups in total. The van der Waals surface area contributed by atoms with Gasteiger partial charge in [-0.15, -0.1) is 0 Å². The van der Waals surface area contributed by atoms with Crippen molar-refractivity contribution in [1.29, 1.82) is 0 Å². The van der Waals surface area contributed by atoms with E-state index in [-0.39, 0.29) is 17.6 Å². The molecule has 2 unspecified atom stereocenters. The summed E-state index contributed by atoms with van der Waals surface area (Å²) in [5.41, 5.74) is 7.45. The molecule has 0 spiro atoms. The van der Waals surface area contributed by atoms with E-state index in [0.29, 0.717) is 0 Å². The fourth-order valence-corrected chi connectivity index (χ4v) is 2.29. The number of hydrogen-bond donors (Lipinski definition) is 1. The Labute approximate surface area is 123 Å². The molecule has 1 rings (SSSR count).